The predicted octanol–water partition coefficient (Wildman–Crippen LogP) is 3.41. The van der Waals surface area contributed by atoms with E-state index in [9.17, 15) is 18.0 Å². The summed E-state index contributed by atoms with van der Waals surface area (Å²) < 4.78 is 37.7. The number of thiazole rings is 1. The summed E-state index contributed by atoms with van der Waals surface area (Å²) in [6.45, 7) is 5.50. The van der Waals surface area contributed by atoms with Crippen molar-refractivity contribution >= 4 is 17.2 Å². The molecule has 0 saturated carbocycles. The molecule has 1 aromatic rings. The van der Waals surface area contributed by atoms with Gasteiger partial charge in [0.15, 0.2) is 5.69 Å². The average molecular weight is 308 g/mol. The van der Waals surface area contributed by atoms with Gasteiger partial charge in [-0.3, -0.25) is 9.63 Å². The first-order chi connectivity index (χ1) is 9.10. The highest BCUT2D eigenvalue weighted by molar-refractivity contribution is 7.09. The fourth-order valence-electron chi connectivity index (χ4n) is 1.80. The van der Waals surface area contributed by atoms with Crippen LogP contribution in [-0.2, 0) is 15.8 Å². The first-order valence-corrected chi connectivity index (χ1v) is 6.98. The molecule has 1 aliphatic rings. The van der Waals surface area contributed by atoms with Crippen LogP contribution in [0.3, 0.4) is 0 Å². The molecule has 4 nitrogen and oxygen atoms in total. The van der Waals surface area contributed by atoms with Crippen molar-refractivity contribution in [2.75, 3.05) is 6.61 Å². The molecule has 0 aliphatic carbocycles. The Balaban J connectivity index is 2.24. The Hall–Kier alpha value is -1.15. The number of halogens is 3. The van der Waals surface area contributed by atoms with Gasteiger partial charge in [0.25, 0.3) is 5.91 Å². The van der Waals surface area contributed by atoms with Crippen LogP contribution >= 0.6 is 11.3 Å². The van der Waals surface area contributed by atoms with Gasteiger partial charge in [-0.25, -0.2) is 10.0 Å². The van der Waals surface area contributed by atoms with E-state index in [1.165, 1.54) is 5.06 Å². The number of hydrogen-bond donors (Lipinski definition) is 0. The highest BCUT2D eigenvalue weighted by atomic mass is 32.1. The van der Waals surface area contributed by atoms with Gasteiger partial charge in [0.05, 0.1) is 6.61 Å². The lowest BCUT2D eigenvalue weighted by Gasteiger charge is -2.27. The zero-order chi connectivity index (χ0) is 15.1. The van der Waals surface area contributed by atoms with Crippen LogP contribution in [0.2, 0.25) is 0 Å². The molecular formula is C12H15F3N2O2S. The third-order valence-corrected chi connectivity index (χ3v) is 3.79. The molecule has 20 heavy (non-hydrogen) atoms. The quantitative estimate of drug-likeness (QED) is 0.798. The van der Waals surface area contributed by atoms with Crippen molar-refractivity contribution in [2.45, 2.75) is 39.4 Å². The molecule has 0 unspecified atom stereocenters. The summed E-state index contributed by atoms with van der Waals surface area (Å²) in [4.78, 5) is 21.1. The van der Waals surface area contributed by atoms with Gasteiger partial charge >= 0.3 is 6.18 Å². The fraction of sp³-hybridized carbons (Fsp3) is 0.667. The lowest BCUT2D eigenvalue weighted by Crippen LogP contribution is -2.38. The van der Waals surface area contributed by atoms with Crippen molar-refractivity contribution in [3.63, 3.8) is 0 Å². The van der Waals surface area contributed by atoms with E-state index in [-0.39, 0.29) is 10.9 Å². The standard InChI is InChI=1S/C12H15F3N2O2S/c1-11(2,3)10(18)17-7(4-5-19-17)9-16-8(6-20-9)12(13,14)15/h6-7H,4-5H2,1-3H3/t7-/m0/s1. The lowest BCUT2D eigenvalue weighted by atomic mass is 9.95. The maximum absolute atomic E-state index is 12.6. The van der Waals surface area contributed by atoms with Crippen molar-refractivity contribution in [1.29, 1.82) is 0 Å². The Labute approximate surface area is 118 Å². The maximum atomic E-state index is 12.6. The van der Waals surface area contributed by atoms with Crippen molar-refractivity contribution in [3.05, 3.63) is 16.1 Å². The van der Waals surface area contributed by atoms with E-state index in [2.05, 4.69) is 4.98 Å². The fourth-order valence-corrected chi connectivity index (χ4v) is 2.74. The third-order valence-electron chi connectivity index (χ3n) is 2.84. The highest BCUT2D eigenvalue weighted by Gasteiger charge is 2.40. The molecule has 1 amide bonds. The Morgan fingerprint density at radius 2 is 2.10 bits per heavy atom. The van der Waals surface area contributed by atoms with E-state index in [0.717, 1.165) is 16.7 Å². The highest BCUT2D eigenvalue weighted by Crippen LogP contribution is 2.38. The van der Waals surface area contributed by atoms with Gasteiger partial charge in [-0.2, -0.15) is 13.2 Å². The first-order valence-electron chi connectivity index (χ1n) is 6.10. The van der Waals surface area contributed by atoms with Crippen molar-refractivity contribution in [2.24, 2.45) is 5.41 Å². The van der Waals surface area contributed by atoms with Gasteiger partial charge in [-0.15, -0.1) is 11.3 Å². The molecular weight excluding hydrogens is 293 g/mol. The van der Waals surface area contributed by atoms with Crippen molar-refractivity contribution in [3.8, 4) is 0 Å². The van der Waals surface area contributed by atoms with Gasteiger partial charge in [0, 0.05) is 17.2 Å². The summed E-state index contributed by atoms with van der Waals surface area (Å²) in [6, 6.07) is -0.539. The summed E-state index contributed by atoms with van der Waals surface area (Å²) in [5, 5.41) is 2.39. The van der Waals surface area contributed by atoms with Crippen LogP contribution in [0.15, 0.2) is 5.38 Å². The largest absolute Gasteiger partial charge is 0.434 e. The molecule has 0 aromatic carbocycles. The number of amides is 1. The van der Waals surface area contributed by atoms with Crippen LogP contribution in [0, 0.1) is 5.41 Å². The number of carbonyl (C=O) groups is 1. The molecule has 1 aromatic heterocycles. The normalized spacial score (nSPS) is 20.5. The monoisotopic (exact) mass is 308 g/mol. The molecule has 1 saturated heterocycles. The summed E-state index contributed by atoms with van der Waals surface area (Å²) in [5.74, 6) is -0.260. The Morgan fingerprint density at radius 1 is 1.45 bits per heavy atom. The number of nitrogens with zero attached hydrogens (tertiary/aromatic N) is 2. The SMILES string of the molecule is CC(C)(C)C(=O)N1OCC[C@H]1c1nc(C(F)(F)F)cs1. The molecule has 0 bridgehead atoms. The summed E-state index contributed by atoms with van der Waals surface area (Å²) >= 11 is 0.900. The van der Waals surface area contributed by atoms with E-state index in [1.807, 2.05) is 0 Å². The smallest absolute Gasteiger partial charge is 0.272 e. The minimum Gasteiger partial charge on any atom is -0.272 e. The molecule has 2 heterocycles. The molecule has 0 radical (unpaired) electrons. The first kappa shape index (κ1) is 15.2. The predicted molar refractivity (Wildman–Crippen MR) is 66.7 cm³/mol. The van der Waals surface area contributed by atoms with Crippen LogP contribution in [0.4, 0.5) is 13.2 Å². The van der Waals surface area contributed by atoms with Crippen LogP contribution in [0.25, 0.3) is 0 Å². The lowest BCUT2D eigenvalue weighted by molar-refractivity contribution is -0.186. The topological polar surface area (TPSA) is 42.4 Å². The van der Waals surface area contributed by atoms with E-state index in [0.29, 0.717) is 13.0 Å². The Kier molecular flexibility index (Phi) is 3.81. The zero-order valence-electron chi connectivity index (χ0n) is 11.3. The maximum Gasteiger partial charge on any atom is 0.434 e. The van der Waals surface area contributed by atoms with Gasteiger partial charge in [-0.1, -0.05) is 20.8 Å². The second-order valence-electron chi connectivity index (χ2n) is 5.59. The average Bonchev–Trinajstić information content (AvgIpc) is 2.94. The zero-order valence-corrected chi connectivity index (χ0v) is 12.1. The van der Waals surface area contributed by atoms with Crippen LogP contribution < -0.4 is 0 Å². The number of rotatable bonds is 1. The van der Waals surface area contributed by atoms with Gasteiger partial charge in [0.2, 0.25) is 0 Å². The summed E-state index contributed by atoms with van der Waals surface area (Å²) in [7, 11) is 0. The molecule has 2 rings (SSSR count). The molecule has 1 atom stereocenters. The second kappa shape index (κ2) is 5.00. The van der Waals surface area contributed by atoms with Gasteiger partial charge < -0.3 is 0 Å². The number of aromatic nitrogens is 1. The van der Waals surface area contributed by atoms with Crippen molar-refractivity contribution in [1.82, 2.24) is 10.0 Å². The number of alkyl halides is 3. The van der Waals surface area contributed by atoms with E-state index in [1.54, 1.807) is 20.8 Å². The molecule has 0 spiro atoms. The molecule has 1 aliphatic heterocycles. The van der Waals surface area contributed by atoms with E-state index in [4.69, 9.17) is 4.84 Å². The molecule has 8 heteroatoms. The van der Waals surface area contributed by atoms with Crippen LogP contribution in [0.5, 0.6) is 0 Å². The minimum absolute atomic E-state index is 0.257. The Bertz CT molecular complexity index is 508. The summed E-state index contributed by atoms with van der Waals surface area (Å²) in [5.41, 5.74) is -1.58. The minimum atomic E-state index is -4.47. The van der Waals surface area contributed by atoms with Crippen LogP contribution in [0.1, 0.15) is 43.9 Å². The van der Waals surface area contributed by atoms with Gasteiger partial charge in [-0.05, 0) is 0 Å². The van der Waals surface area contributed by atoms with E-state index < -0.39 is 23.3 Å². The van der Waals surface area contributed by atoms with Gasteiger partial charge in [0.1, 0.15) is 11.0 Å². The molecule has 1 fully saturated rings. The molecule has 0 N–H and O–H groups in total. The van der Waals surface area contributed by atoms with E-state index >= 15 is 0 Å². The Morgan fingerprint density at radius 3 is 2.60 bits per heavy atom. The second-order valence-corrected chi connectivity index (χ2v) is 6.48. The van der Waals surface area contributed by atoms with Crippen LogP contribution in [-0.4, -0.2) is 22.6 Å². The molecule has 112 valence electrons. The number of hydroxylamine groups is 2. The summed E-state index contributed by atoms with van der Waals surface area (Å²) in [6.07, 6.45) is -4.01. The third kappa shape index (κ3) is 2.95. The van der Waals surface area contributed by atoms with Crippen molar-refractivity contribution < 1.29 is 22.8 Å². The number of hydrogen-bond acceptors (Lipinski definition) is 4. The number of carbonyl (C=O) groups excluding carboxylic acids is 1.